The molecule has 0 bridgehead atoms. The lowest BCUT2D eigenvalue weighted by Gasteiger charge is -2.19. The van der Waals surface area contributed by atoms with Gasteiger partial charge in [0, 0.05) is 5.56 Å². The third-order valence-corrected chi connectivity index (χ3v) is 4.62. The maximum Gasteiger partial charge on any atom is 0.325 e. The van der Waals surface area contributed by atoms with Crippen molar-refractivity contribution in [1.82, 2.24) is 15.3 Å². The number of nitrogens with zero attached hydrogens (tertiary/aromatic N) is 2. The highest BCUT2D eigenvalue weighted by atomic mass is 16.5. The number of esters is 1. The van der Waals surface area contributed by atoms with Crippen LogP contribution in [0.2, 0.25) is 0 Å². The lowest BCUT2D eigenvalue weighted by molar-refractivity contribution is -0.143. The molecule has 1 N–H and O–H groups in total. The van der Waals surface area contributed by atoms with Gasteiger partial charge in [-0.25, -0.2) is 9.97 Å². The molecule has 1 amide bonds. The van der Waals surface area contributed by atoms with E-state index in [0.29, 0.717) is 17.0 Å². The summed E-state index contributed by atoms with van der Waals surface area (Å²) in [7, 11) is 0. The van der Waals surface area contributed by atoms with Crippen LogP contribution >= 0.6 is 0 Å². The Morgan fingerprint density at radius 3 is 2.21 bits per heavy atom. The summed E-state index contributed by atoms with van der Waals surface area (Å²) in [5.74, 6) is -0.844. The first-order chi connectivity index (χ1) is 13.7. The summed E-state index contributed by atoms with van der Waals surface area (Å²) in [5.41, 5.74) is 4.51. The van der Waals surface area contributed by atoms with Crippen LogP contribution in [0.15, 0.2) is 48.5 Å². The predicted molar refractivity (Wildman–Crippen MR) is 112 cm³/mol. The molecular weight excluding hydrogens is 366 g/mol. The SMILES string of the molecule is Cc1nc2ccccc2nc1COC(=O)CNC(=O)c1ccc(C(C)(C)C)cc1. The van der Waals surface area contributed by atoms with Gasteiger partial charge in [0.2, 0.25) is 0 Å². The van der Waals surface area contributed by atoms with Crippen LogP contribution in [0.1, 0.15) is 48.1 Å². The molecule has 29 heavy (non-hydrogen) atoms. The maximum atomic E-state index is 12.2. The number of aryl methyl sites for hydroxylation is 1. The smallest absolute Gasteiger partial charge is 0.325 e. The number of hydrogen-bond donors (Lipinski definition) is 1. The molecular formula is C23H25N3O3. The van der Waals surface area contributed by atoms with Crippen molar-refractivity contribution in [3.8, 4) is 0 Å². The first-order valence-corrected chi connectivity index (χ1v) is 9.50. The average Bonchev–Trinajstić information content (AvgIpc) is 2.69. The van der Waals surface area contributed by atoms with E-state index in [0.717, 1.165) is 16.6 Å². The summed E-state index contributed by atoms with van der Waals surface area (Å²) in [5, 5.41) is 2.59. The molecule has 0 saturated carbocycles. The Balaban J connectivity index is 1.53. The van der Waals surface area contributed by atoms with Crippen LogP contribution in [0.4, 0.5) is 0 Å². The molecule has 3 rings (SSSR count). The molecule has 6 nitrogen and oxygen atoms in total. The minimum atomic E-state index is -0.529. The van der Waals surface area contributed by atoms with Crippen molar-refractivity contribution in [1.29, 1.82) is 0 Å². The first kappa shape index (κ1) is 20.5. The van der Waals surface area contributed by atoms with Crippen molar-refractivity contribution in [2.75, 3.05) is 6.54 Å². The van der Waals surface area contributed by atoms with Crippen LogP contribution in [0.5, 0.6) is 0 Å². The summed E-state index contributed by atoms with van der Waals surface area (Å²) in [6.45, 7) is 7.96. The van der Waals surface area contributed by atoms with Gasteiger partial charge in [-0.1, -0.05) is 45.0 Å². The number of para-hydroxylation sites is 2. The van der Waals surface area contributed by atoms with Crippen LogP contribution in [-0.2, 0) is 21.6 Å². The number of ether oxygens (including phenoxy) is 1. The lowest BCUT2D eigenvalue weighted by atomic mass is 9.87. The number of carbonyl (C=O) groups is 2. The topological polar surface area (TPSA) is 81.2 Å². The molecule has 0 spiro atoms. The van der Waals surface area contributed by atoms with Crippen molar-refractivity contribution < 1.29 is 14.3 Å². The van der Waals surface area contributed by atoms with E-state index in [9.17, 15) is 9.59 Å². The second-order valence-corrected chi connectivity index (χ2v) is 7.92. The van der Waals surface area contributed by atoms with E-state index >= 15 is 0 Å². The largest absolute Gasteiger partial charge is 0.458 e. The molecule has 0 saturated heterocycles. The van der Waals surface area contributed by atoms with Crippen LogP contribution in [0.25, 0.3) is 11.0 Å². The summed E-state index contributed by atoms with van der Waals surface area (Å²) in [6.07, 6.45) is 0. The standard InChI is InChI=1S/C23H25N3O3/c1-15-20(26-19-8-6-5-7-18(19)25-15)14-29-21(27)13-24-22(28)16-9-11-17(12-10-16)23(2,3)4/h5-12H,13-14H2,1-4H3,(H,24,28). The highest BCUT2D eigenvalue weighted by Gasteiger charge is 2.15. The second-order valence-electron chi connectivity index (χ2n) is 7.92. The Bertz CT molecular complexity index is 1040. The van der Waals surface area contributed by atoms with Gasteiger partial charge in [-0.3, -0.25) is 9.59 Å². The molecule has 150 valence electrons. The van der Waals surface area contributed by atoms with E-state index in [1.54, 1.807) is 12.1 Å². The van der Waals surface area contributed by atoms with Gasteiger partial charge in [0.05, 0.1) is 22.4 Å². The molecule has 1 heterocycles. The fraction of sp³-hybridized carbons (Fsp3) is 0.304. The number of rotatable bonds is 5. The summed E-state index contributed by atoms with van der Waals surface area (Å²) < 4.78 is 5.25. The van der Waals surface area contributed by atoms with Crippen molar-refractivity contribution in [3.63, 3.8) is 0 Å². The number of nitrogens with one attached hydrogen (secondary N) is 1. The molecule has 3 aromatic rings. The Morgan fingerprint density at radius 1 is 0.966 bits per heavy atom. The lowest BCUT2D eigenvalue weighted by Crippen LogP contribution is -2.30. The zero-order valence-corrected chi connectivity index (χ0v) is 17.2. The van der Waals surface area contributed by atoms with Gasteiger partial charge < -0.3 is 10.1 Å². The van der Waals surface area contributed by atoms with Gasteiger partial charge in [0.1, 0.15) is 13.2 Å². The van der Waals surface area contributed by atoms with E-state index in [4.69, 9.17) is 4.74 Å². The third-order valence-electron chi connectivity index (χ3n) is 4.62. The number of hydrogen-bond acceptors (Lipinski definition) is 5. The van der Waals surface area contributed by atoms with E-state index in [-0.39, 0.29) is 24.5 Å². The van der Waals surface area contributed by atoms with Gasteiger partial charge in [-0.15, -0.1) is 0 Å². The van der Waals surface area contributed by atoms with E-state index < -0.39 is 5.97 Å². The van der Waals surface area contributed by atoms with Gasteiger partial charge in [-0.05, 0) is 42.2 Å². The fourth-order valence-electron chi connectivity index (χ4n) is 2.84. The minimum Gasteiger partial charge on any atom is -0.458 e. The molecule has 0 aliphatic heterocycles. The van der Waals surface area contributed by atoms with Crippen molar-refractivity contribution in [2.45, 2.75) is 39.7 Å². The predicted octanol–water partition coefficient (Wildman–Crippen LogP) is 3.71. The number of amides is 1. The van der Waals surface area contributed by atoms with E-state index in [1.165, 1.54) is 0 Å². The van der Waals surface area contributed by atoms with Crippen LogP contribution in [0, 0.1) is 6.92 Å². The summed E-state index contributed by atoms with van der Waals surface area (Å²) in [6, 6.07) is 14.9. The number of benzene rings is 2. The highest BCUT2D eigenvalue weighted by molar-refractivity contribution is 5.95. The van der Waals surface area contributed by atoms with E-state index in [1.807, 2.05) is 43.3 Å². The maximum absolute atomic E-state index is 12.2. The molecule has 0 aliphatic carbocycles. The molecule has 0 unspecified atom stereocenters. The monoisotopic (exact) mass is 391 g/mol. The van der Waals surface area contributed by atoms with Gasteiger partial charge >= 0.3 is 5.97 Å². The van der Waals surface area contributed by atoms with Crippen LogP contribution in [0.3, 0.4) is 0 Å². The van der Waals surface area contributed by atoms with Crippen molar-refractivity contribution in [2.24, 2.45) is 0 Å². The first-order valence-electron chi connectivity index (χ1n) is 9.50. The van der Waals surface area contributed by atoms with Crippen LogP contribution in [-0.4, -0.2) is 28.4 Å². The second kappa shape index (κ2) is 8.39. The quantitative estimate of drug-likeness (QED) is 0.671. The van der Waals surface area contributed by atoms with Gasteiger partial charge in [0.25, 0.3) is 5.91 Å². The fourth-order valence-corrected chi connectivity index (χ4v) is 2.84. The van der Waals surface area contributed by atoms with Crippen LogP contribution < -0.4 is 5.32 Å². The Hall–Kier alpha value is -3.28. The Morgan fingerprint density at radius 2 is 1.59 bits per heavy atom. The zero-order valence-electron chi connectivity index (χ0n) is 17.2. The normalized spacial score (nSPS) is 11.3. The molecule has 2 aromatic carbocycles. The highest BCUT2D eigenvalue weighted by Crippen LogP contribution is 2.22. The molecule has 0 atom stereocenters. The van der Waals surface area contributed by atoms with E-state index in [2.05, 4.69) is 36.1 Å². The average molecular weight is 391 g/mol. The molecule has 1 aromatic heterocycles. The van der Waals surface area contributed by atoms with Crippen molar-refractivity contribution >= 4 is 22.9 Å². The third kappa shape index (κ3) is 5.16. The van der Waals surface area contributed by atoms with Gasteiger partial charge in [0.15, 0.2) is 0 Å². The molecule has 6 heteroatoms. The number of fused-ring (bicyclic) bond motifs is 1. The minimum absolute atomic E-state index is 0.0126. The summed E-state index contributed by atoms with van der Waals surface area (Å²) in [4.78, 5) is 33.2. The molecule has 0 fully saturated rings. The number of aromatic nitrogens is 2. The van der Waals surface area contributed by atoms with Crippen molar-refractivity contribution in [3.05, 3.63) is 71.0 Å². The van der Waals surface area contributed by atoms with Gasteiger partial charge in [-0.2, -0.15) is 0 Å². The number of carbonyl (C=O) groups excluding carboxylic acids is 2. The Labute approximate surface area is 170 Å². The molecule has 0 aliphatic rings. The molecule has 0 radical (unpaired) electrons. The zero-order chi connectivity index (χ0) is 21.0. The summed E-state index contributed by atoms with van der Waals surface area (Å²) >= 11 is 0. The Kier molecular flexibility index (Phi) is 5.92.